The van der Waals surface area contributed by atoms with Crippen LogP contribution in [0.4, 0.5) is 5.69 Å². The quantitative estimate of drug-likeness (QED) is 0.800. The third-order valence-corrected chi connectivity index (χ3v) is 3.23. The number of thioether (sulfide) groups is 1. The summed E-state index contributed by atoms with van der Waals surface area (Å²) in [5.41, 5.74) is 7.01. The van der Waals surface area contributed by atoms with Crippen LogP contribution in [0.1, 0.15) is 20.8 Å². The van der Waals surface area contributed by atoms with Crippen LogP contribution >= 0.6 is 11.8 Å². The SMILES string of the molecule is CC(N)CN(C)c1ccc(SC(C)C)cc1. The predicted molar refractivity (Wildman–Crippen MR) is 74.4 cm³/mol. The Labute approximate surface area is 103 Å². The monoisotopic (exact) mass is 238 g/mol. The first kappa shape index (κ1) is 13.4. The van der Waals surface area contributed by atoms with Crippen LogP contribution in [0.25, 0.3) is 0 Å². The summed E-state index contributed by atoms with van der Waals surface area (Å²) in [6.45, 7) is 7.33. The summed E-state index contributed by atoms with van der Waals surface area (Å²) in [6, 6.07) is 8.88. The Morgan fingerprint density at radius 3 is 2.19 bits per heavy atom. The summed E-state index contributed by atoms with van der Waals surface area (Å²) in [4.78, 5) is 3.52. The molecule has 0 aliphatic heterocycles. The van der Waals surface area contributed by atoms with Crippen LogP contribution in [-0.4, -0.2) is 24.9 Å². The first-order valence-corrected chi connectivity index (χ1v) is 6.60. The molecule has 0 heterocycles. The van der Waals surface area contributed by atoms with E-state index in [1.54, 1.807) is 0 Å². The molecule has 1 unspecified atom stereocenters. The Kier molecular flexibility index (Phi) is 5.16. The molecule has 2 nitrogen and oxygen atoms in total. The normalized spacial score (nSPS) is 12.9. The second-order valence-electron chi connectivity index (χ2n) is 4.52. The van der Waals surface area contributed by atoms with Gasteiger partial charge >= 0.3 is 0 Å². The highest BCUT2D eigenvalue weighted by molar-refractivity contribution is 7.99. The fourth-order valence-electron chi connectivity index (χ4n) is 1.59. The first-order chi connectivity index (χ1) is 7.49. The number of benzene rings is 1. The van der Waals surface area contributed by atoms with Crippen LogP contribution in [0.3, 0.4) is 0 Å². The lowest BCUT2D eigenvalue weighted by atomic mass is 10.2. The fraction of sp³-hybridized carbons (Fsp3) is 0.538. The Balaban J connectivity index is 2.63. The van der Waals surface area contributed by atoms with Crippen molar-refractivity contribution in [3.8, 4) is 0 Å². The van der Waals surface area contributed by atoms with E-state index in [1.807, 2.05) is 18.7 Å². The minimum absolute atomic E-state index is 0.203. The van der Waals surface area contributed by atoms with Gasteiger partial charge in [0.2, 0.25) is 0 Å². The van der Waals surface area contributed by atoms with Crippen LogP contribution in [0.2, 0.25) is 0 Å². The minimum atomic E-state index is 0.203. The summed E-state index contributed by atoms with van der Waals surface area (Å²) in [5.74, 6) is 0. The fourth-order valence-corrected chi connectivity index (χ4v) is 2.43. The largest absolute Gasteiger partial charge is 0.373 e. The van der Waals surface area contributed by atoms with Gasteiger partial charge in [-0.25, -0.2) is 0 Å². The van der Waals surface area contributed by atoms with Crippen molar-refractivity contribution in [1.29, 1.82) is 0 Å². The highest BCUT2D eigenvalue weighted by atomic mass is 32.2. The van der Waals surface area contributed by atoms with E-state index in [2.05, 4.69) is 50.1 Å². The van der Waals surface area contributed by atoms with Gasteiger partial charge in [-0.1, -0.05) is 13.8 Å². The molecule has 1 aromatic rings. The number of likely N-dealkylation sites (N-methyl/N-ethyl adjacent to an activating group) is 1. The van der Waals surface area contributed by atoms with E-state index < -0.39 is 0 Å². The van der Waals surface area contributed by atoms with E-state index in [0.29, 0.717) is 5.25 Å². The average molecular weight is 238 g/mol. The highest BCUT2D eigenvalue weighted by Gasteiger charge is 2.04. The Bertz CT molecular complexity index is 306. The standard InChI is InChI=1S/C13H22N2S/c1-10(2)16-13-7-5-12(6-8-13)15(4)9-11(3)14/h5-8,10-11H,9,14H2,1-4H3. The molecule has 16 heavy (non-hydrogen) atoms. The molecule has 2 N–H and O–H groups in total. The van der Waals surface area contributed by atoms with Gasteiger partial charge in [-0.15, -0.1) is 11.8 Å². The van der Waals surface area contributed by atoms with Gasteiger partial charge in [-0.2, -0.15) is 0 Å². The van der Waals surface area contributed by atoms with Crippen LogP contribution in [0.5, 0.6) is 0 Å². The summed E-state index contributed by atoms with van der Waals surface area (Å²) < 4.78 is 0. The predicted octanol–water partition coefficient (Wildman–Crippen LogP) is 2.97. The molecule has 0 aliphatic rings. The van der Waals surface area contributed by atoms with Gasteiger partial charge in [-0.3, -0.25) is 0 Å². The van der Waals surface area contributed by atoms with Crippen LogP contribution in [0, 0.1) is 0 Å². The number of nitrogens with two attached hydrogens (primary N) is 1. The Hall–Kier alpha value is -0.670. The molecule has 0 bridgehead atoms. The lowest BCUT2D eigenvalue weighted by Gasteiger charge is -2.21. The summed E-state index contributed by atoms with van der Waals surface area (Å²) >= 11 is 1.89. The first-order valence-electron chi connectivity index (χ1n) is 5.72. The highest BCUT2D eigenvalue weighted by Crippen LogP contribution is 2.25. The smallest absolute Gasteiger partial charge is 0.0364 e. The van der Waals surface area contributed by atoms with Crippen molar-refractivity contribution < 1.29 is 0 Å². The summed E-state index contributed by atoms with van der Waals surface area (Å²) in [5, 5.41) is 0.632. The molecule has 0 radical (unpaired) electrons. The molecular formula is C13H22N2S. The molecule has 90 valence electrons. The Morgan fingerprint density at radius 2 is 1.75 bits per heavy atom. The molecule has 0 spiro atoms. The van der Waals surface area contributed by atoms with Gasteiger partial charge in [0, 0.05) is 35.5 Å². The van der Waals surface area contributed by atoms with Crippen LogP contribution < -0.4 is 10.6 Å². The second kappa shape index (κ2) is 6.16. The maximum atomic E-state index is 5.78. The number of hydrogen-bond acceptors (Lipinski definition) is 3. The molecule has 1 atom stereocenters. The van der Waals surface area contributed by atoms with Gasteiger partial charge in [0.15, 0.2) is 0 Å². The number of rotatable bonds is 5. The van der Waals surface area contributed by atoms with Crippen molar-refractivity contribution >= 4 is 17.4 Å². The zero-order valence-corrected chi connectivity index (χ0v) is 11.4. The maximum absolute atomic E-state index is 5.78. The van der Waals surface area contributed by atoms with Crippen molar-refractivity contribution in [2.75, 3.05) is 18.5 Å². The van der Waals surface area contributed by atoms with E-state index in [0.717, 1.165) is 6.54 Å². The van der Waals surface area contributed by atoms with Crippen molar-refractivity contribution in [2.24, 2.45) is 5.73 Å². The zero-order valence-electron chi connectivity index (χ0n) is 10.6. The second-order valence-corrected chi connectivity index (χ2v) is 6.17. The minimum Gasteiger partial charge on any atom is -0.373 e. The molecule has 0 aromatic heterocycles. The molecule has 0 aliphatic carbocycles. The molecular weight excluding hydrogens is 216 g/mol. The molecule has 3 heteroatoms. The molecule has 1 aromatic carbocycles. The van der Waals surface area contributed by atoms with Crippen molar-refractivity contribution in [2.45, 2.75) is 37.0 Å². The lowest BCUT2D eigenvalue weighted by molar-refractivity contribution is 0.717. The van der Waals surface area contributed by atoms with Crippen LogP contribution in [0.15, 0.2) is 29.2 Å². The van der Waals surface area contributed by atoms with Gasteiger partial charge in [0.1, 0.15) is 0 Å². The van der Waals surface area contributed by atoms with Crippen molar-refractivity contribution in [3.63, 3.8) is 0 Å². The van der Waals surface area contributed by atoms with Gasteiger partial charge in [0.05, 0.1) is 0 Å². The van der Waals surface area contributed by atoms with E-state index in [1.165, 1.54) is 10.6 Å². The molecule has 0 saturated carbocycles. The Morgan fingerprint density at radius 1 is 1.19 bits per heavy atom. The van der Waals surface area contributed by atoms with E-state index in [9.17, 15) is 0 Å². The summed E-state index contributed by atoms with van der Waals surface area (Å²) in [6.07, 6.45) is 0. The van der Waals surface area contributed by atoms with Gasteiger partial charge in [0.25, 0.3) is 0 Å². The van der Waals surface area contributed by atoms with Gasteiger partial charge in [-0.05, 0) is 31.2 Å². The lowest BCUT2D eigenvalue weighted by Crippen LogP contribution is -2.32. The average Bonchev–Trinajstić information content (AvgIpc) is 2.16. The van der Waals surface area contributed by atoms with Crippen molar-refractivity contribution in [1.82, 2.24) is 0 Å². The number of hydrogen-bond donors (Lipinski definition) is 1. The zero-order chi connectivity index (χ0) is 12.1. The molecule has 0 fully saturated rings. The van der Waals surface area contributed by atoms with Crippen molar-refractivity contribution in [3.05, 3.63) is 24.3 Å². The van der Waals surface area contributed by atoms with Crippen LogP contribution in [-0.2, 0) is 0 Å². The summed E-state index contributed by atoms with van der Waals surface area (Å²) in [7, 11) is 2.08. The molecule has 0 amide bonds. The van der Waals surface area contributed by atoms with E-state index in [-0.39, 0.29) is 6.04 Å². The third kappa shape index (κ3) is 4.45. The van der Waals surface area contributed by atoms with E-state index in [4.69, 9.17) is 5.73 Å². The molecule has 0 saturated heterocycles. The number of anilines is 1. The third-order valence-electron chi connectivity index (χ3n) is 2.21. The van der Waals surface area contributed by atoms with Gasteiger partial charge < -0.3 is 10.6 Å². The topological polar surface area (TPSA) is 29.3 Å². The molecule has 1 rings (SSSR count). The maximum Gasteiger partial charge on any atom is 0.0364 e. The van der Waals surface area contributed by atoms with E-state index >= 15 is 0 Å². The number of nitrogens with zero attached hydrogens (tertiary/aromatic N) is 1.